The lowest BCUT2D eigenvalue weighted by molar-refractivity contribution is -0.121. The van der Waals surface area contributed by atoms with Crippen LogP contribution in [0.2, 0.25) is 0 Å². The smallest absolute Gasteiger partial charge is 0.221 e. The second kappa shape index (κ2) is 8.17. The summed E-state index contributed by atoms with van der Waals surface area (Å²) in [6.45, 7) is 3.41. The molecule has 2 N–H and O–H groups in total. The molecular weight excluding hydrogens is 262 g/mol. The van der Waals surface area contributed by atoms with E-state index in [2.05, 4.69) is 15.6 Å². The third-order valence-electron chi connectivity index (χ3n) is 3.28. The molecule has 1 amide bonds. The highest BCUT2D eigenvalue weighted by molar-refractivity contribution is 5.76. The van der Waals surface area contributed by atoms with Gasteiger partial charge in [0.1, 0.15) is 0 Å². The van der Waals surface area contributed by atoms with Gasteiger partial charge in [0.15, 0.2) is 0 Å². The molecule has 1 aromatic carbocycles. The molecule has 4 nitrogen and oxygen atoms in total. The second-order valence-corrected chi connectivity index (χ2v) is 4.98. The van der Waals surface area contributed by atoms with Crippen LogP contribution in [0.25, 0.3) is 0 Å². The van der Waals surface area contributed by atoms with Crippen LogP contribution >= 0.6 is 0 Å². The summed E-state index contributed by atoms with van der Waals surface area (Å²) < 4.78 is 0. The standard InChI is InChI=1S/C17H21N3O/c1-14(16-5-3-2-4-6-16)20-17(21)9-12-19-13-15-7-10-18-11-8-15/h2-8,10-11,14,19H,9,12-13H2,1H3,(H,20,21). The molecule has 0 spiro atoms. The molecule has 2 rings (SSSR count). The van der Waals surface area contributed by atoms with Gasteiger partial charge < -0.3 is 10.6 Å². The predicted octanol–water partition coefficient (Wildman–Crippen LogP) is 2.44. The Morgan fingerprint density at radius 3 is 2.57 bits per heavy atom. The lowest BCUT2D eigenvalue weighted by Crippen LogP contribution is -2.29. The fourth-order valence-electron chi connectivity index (χ4n) is 2.07. The summed E-state index contributed by atoms with van der Waals surface area (Å²) in [6.07, 6.45) is 4.01. The number of amides is 1. The van der Waals surface area contributed by atoms with Crippen LogP contribution in [0.15, 0.2) is 54.9 Å². The third-order valence-corrected chi connectivity index (χ3v) is 3.28. The molecule has 0 bridgehead atoms. The number of hydrogen-bond donors (Lipinski definition) is 2. The van der Waals surface area contributed by atoms with Gasteiger partial charge in [-0.2, -0.15) is 0 Å². The number of nitrogens with zero attached hydrogens (tertiary/aromatic N) is 1. The molecule has 110 valence electrons. The van der Waals surface area contributed by atoms with Crippen LogP contribution in [0.3, 0.4) is 0 Å². The maximum absolute atomic E-state index is 11.9. The number of rotatable bonds is 7. The van der Waals surface area contributed by atoms with Crippen molar-refractivity contribution in [2.75, 3.05) is 6.54 Å². The number of hydrogen-bond acceptors (Lipinski definition) is 3. The van der Waals surface area contributed by atoms with Crippen molar-refractivity contribution in [3.05, 3.63) is 66.0 Å². The van der Waals surface area contributed by atoms with E-state index in [0.29, 0.717) is 13.0 Å². The first-order valence-electron chi connectivity index (χ1n) is 7.19. The third kappa shape index (κ3) is 5.36. The van der Waals surface area contributed by atoms with Gasteiger partial charge in [-0.1, -0.05) is 30.3 Å². The SMILES string of the molecule is CC(NC(=O)CCNCc1ccncc1)c1ccccc1. The highest BCUT2D eigenvalue weighted by atomic mass is 16.1. The lowest BCUT2D eigenvalue weighted by Gasteiger charge is -2.14. The second-order valence-electron chi connectivity index (χ2n) is 4.98. The zero-order valence-electron chi connectivity index (χ0n) is 12.3. The first-order chi connectivity index (χ1) is 10.3. The number of benzene rings is 1. The van der Waals surface area contributed by atoms with Crippen LogP contribution in [-0.4, -0.2) is 17.4 Å². The quantitative estimate of drug-likeness (QED) is 0.767. The van der Waals surface area contributed by atoms with Gasteiger partial charge in [0.05, 0.1) is 6.04 Å². The molecule has 0 fully saturated rings. The Bertz CT molecular complexity index is 542. The van der Waals surface area contributed by atoms with Gasteiger partial charge in [-0.15, -0.1) is 0 Å². The molecular formula is C17H21N3O. The van der Waals surface area contributed by atoms with Crippen LogP contribution < -0.4 is 10.6 Å². The monoisotopic (exact) mass is 283 g/mol. The Morgan fingerprint density at radius 1 is 1.14 bits per heavy atom. The maximum Gasteiger partial charge on any atom is 0.221 e. The number of carbonyl (C=O) groups is 1. The van der Waals surface area contributed by atoms with Gasteiger partial charge in [-0.25, -0.2) is 0 Å². The van der Waals surface area contributed by atoms with E-state index < -0.39 is 0 Å². The zero-order valence-corrected chi connectivity index (χ0v) is 12.3. The minimum Gasteiger partial charge on any atom is -0.350 e. The number of carbonyl (C=O) groups excluding carboxylic acids is 1. The predicted molar refractivity (Wildman–Crippen MR) is 83.6 cm³/mol. The van der Waals surface area contributed by atoms with E-state index in [9.17, 15) is 4.79 Å². The molecule has 0 saturated carbocycles. The maximum atomic E-state index is 11.9. The van der Waals surface area contributed by atoms with Crippen molar-refractivity contribution in [2.45, 2.75) is 25.9 Å². The van der Waals surface area contributed by atoms with Crippen molar-refractivity contribution in [3.8, 4) is 0 Å². The normalized spacial score (nSPS) is 11.9. The van der Waals surface area contributed by atoms with Crippen LogP contribution in [0, 0.1) is 0 Å². The molecule has 0 aliphatic rings. The first-order valence-corrected chi connectivity index (χ1v) is 7.19. The van der Waals surface area contributed by atoms with Gasteiger partial charge in [0.2, 0.25) is 5.91 Å². The average molecular weight is 283 g/mol. The van der Waals surface area contributed by atoms with Crippen LogP contribution in [-0.2, 0) is 11.3 Å². The van der Waals surface area contributed by atoms with Gasteiger partial charge in [0, 0.05) is 31.9 Å². The fraction of sp³-hybridized carbons (Fsp3) is 0.294. The van der Waals surface area contributed by atoms with E-state index in [1.54, 1.807) is 12.4 Å². The molecule has 2 aromatic rings. The van der Waals surface area contributed by atoms with Crippen molar-refractivity contribution < 1.29 is 4.79 Å². The largest absolute Gasteiger partial charge is 0.350 e. The molecule has 0 radical (unpaired) electrons. The molecule has 1 atom stereocenters. The van der Waals surface area contributed by atoms with E-state index in [1.807, 2.05) is 49.4 Å². The van der Waals surface area contributed by atoms with Crippen LogP contribution in [0.1, 0.15) is 30.5 Å². The van der Waals surface area contributed by atoms with Crippen molar-refractivity contribution >= 4 is 5.91 Å². The van der Waals surface area contributed by atoms with Crippen molar-refractivity contribution in [1.82, 2.24) is 15.6 Å². The Kier molecular flexibility index (Phi) is 5.91. The van der Waals surface area contributed by atoms with Gasteiger partial charge in [0.25, 0.3) is 0 Å². The van der Waals surface area contributed by atoms with E-state index >= 15 is 0 Å². The fourth-order valence-corrected chi connectivity index (χ4v) is 2.07. The number of aromatic nitrogens is 1. The summed E-state index contributed by atoms with van der Waals surface area (Å²) in [7, 11) is 0. The minimum atomic E-state index is 0.0406. The summed E-state index contributed by atoms with van der Waals surface area (Å²) >= 11 is 0. The first kappa shape index (κ1) is 15.2. The Morgan fingerprint density at radius 2 is 1.86 bits per heavy atom. The summed E-state index contributed by atoms with van der Waals surface area (Å²) in [5.74, 6) is 0.0635. The van der Waals surface area contributed by atoms with Gasteiger partial charge in [-0.05, 0) is 30.2 Å². The molecule has 0 aliphatic heterocycles. The Balaban J connectivity index is 1.66. The number of nitrogens with one attached hydrogen (secondary N) is 2. The zero-order chi connectivity index (χ0) is 14.9. The molecule has 21 heavy (non-hydrogen) atoms. The average Bonchev–Trinajstić information content (AvgIpc) is 2.53. The van der Waals surface area contributed by atoms with E-state index in [4.69, 9.17) is 0 Å². The van der Waals surface area contributed by atoms with Gasteiger partial charge >= 0.3 is 0 Å². The number of pyridine rings is 1. The summed E-state index contributed by atoms with van der Waals surface area (Å²) in [5, 5.41) is 6.26. The lowest BCUT2D eigenvalue weighted by atomic mass is 10.1. The molecule has 1 aromatic heterocycles. The molecule has 0 saturated heterocycles. The summed E-state index contributed by atoms with van der Waals surface area (Å²) in [5.41, 5.74) is 2.29. The molecule has 4 heteroatoms. The molecule has 1 heterocycles. The minimum absolute atomic E-state index is 0.0406. The van der Waals surface area contributed by atoms with Gasteiger partial charge in [-0.3, -0.25) is 9.78 Å². The summed E-state index contributed by atoms with van der Waals surface area (Å²) in [6, 6.07) is 13.9. The van der Waals surface area contributed by atoms with E-state index in [0.717, 1.165) is 12.1 Å². The molecule has 1 unspecified atom stereocenters. The van der Waals surface area contributed by atoms with Crippen molar-refractivity contribution in [2.24, 2.45) is 0 Å². The Hall–Kier alpha value is -2.20. The Labute approximate surface area is 125 Å². The highest BCUT2D eigenvalue weighted by Gasteiger charge is 2.08. The summed E-state index contributed by atoms with van der Waals surface area (Å²) in [4.78, 5) is 15.8. The van der Waals surface area contributed by atoms with Crippen molar-refractivity contribution in [3.63, 3.8) is 0 Å². The van der Waals surface area contributed by atoms with E-state index in [1.165, 1.54) is 5.56 Å². The molecule has 0 aliphatic carbocycles. The van der Waals surface area contributed by atoms with Crippen molar-refractivity contribution in [1.29, 1.82) is 0 Å². The van der Waals surface area contributed by atoms with Crippen LogP contribution in [0.5, 0.6) is 0 Å². The topological polar surface area (TPSA) is 54.0 Å². The van der Waals surface area contributed by atoms with E-state index in [-0.39, 0.29) is 11.9 Å². The highest BCUT2D eigenvalue weighted by Crippen LogP contribution is 2.10. The van der Waals surface area contributed by atoms with Crippen LogP contribution in [0.4, 0.5) is 0 Å².